The molecule has 6 heteroatoms. The van der Waals surface area contributed by atoms with Gasteiger partial charge in [0.1, 0.15) is 11.4 Å². The summed E-state index contributed by atoms with van der Waals surface area (Å²) in [6.07, 6.45) is 11.5. The number of aliphatic hydroxyl groups excluding tert-OH is 1. The van der Waals surface area contributed by atoms with Crippen molar-refractivity contribution in [2.45, 2.75) is 57.4 Å². The van der Waals surface area contributed by atoms with Gasteiger partial charge in [-0.3, -0.25) is 4.79 Å². The SMILES string of the molecule is O=C(NC1CCC2CC3CC1(C2)C3)c1cnn(-c2ccccc2)c1N1CCCC(CO)C1. The summed E-state index contributed by atoms with van der Waals surface area (Å²) in [6.45, 7) is 1.82. The lowest BCUT2D eigenvalue weighted by Gasteiger charge is -2.62. The summed E-state index contributed by atoms with van der Waals surface area (Å²) < 4.78 is 1.91. The normalized spacial score (nSPS) is 33.5. The van der Waals surface area contributed by atoms with E-state index < -0.39 is 0 Å². The van der Waals surface area contributed by atoms with Crippen LogP contribution in [0.3, 0.4) is 0 Å². The van der Waals surface area contributed by atoms with Gasteiger partial charge in [-0.05, 0) is 86.7 Å². The highest BCUT2D eigenvalue weighted by molar-refractivity contribution is 5.99. The maximum Gasteiger partial charge on any atom is 0.256 e. The molecule has 3 atom stereocenters. The first-order chi connectivity index (χ1) is 15.6. The first kappa shape index (κ1) is 20.3. The van der Waals surface area contributed by atoms with Crippen molar-refractivity contribution in [2.24, 2.45) is 23.2 Å². The van der Waals surface area contributed by atoms with Gasteiger partial charge in [0, 0.05) is 25.7 Å². The molecule has 2 N–H and O–H groups in total. The van der Waals surface area contributed by atoms with Crippen molar-refractivity contribution in [3.05, 3.63) is 42.1 Å². The number of piperidine rings is 1. The fourth-order valence-corrected chi connectivity index (χ4v) is 7.34. The number of carbonyl (C=O) groups excluding carboxylic acids is 1. The van der Waals surface area contributed by atoms with Crippen molar-refractivity contribution in [3.63, 3.8) is 0 Å². The van der Waals surface area contributed by atoms with Crippen molar-refractivity contribution < 1.29 is 9.90 Å². The van der Waals surface area contributed by atoms with Crippen LogP contribution in [-0.4, -0.2) is 46.5 Å². The Kier molecular flexibility index (Phi) is 5.01. The molecule has 170 valence electrons. The van der Waals surface area contributed by atoms with Crippen LogP contribution in [0.1, 0.15) is 61.7 Å². The van der Waals surface area contributed by atoms with Crippen LogP contribution in [0.2, 0.25) is 0 Å². The lowest BCUT2D eigenvalue weighted by molar-refractivity contribution is -0.0940. The minimum absolute atomic E-state index is 0.0140. The molecule has 5 aliphatic rings. The number of nitrogens with zero attached hydrogens (tertiary/aromatic N) is 3. The Morgan fingerprint density at radius 2 is 1.94 bits per heavy atom. The molecular weight excluding hydrogens is 400 g/mol. The Bertz CT molecular complexity index is 981. The summed E-state index contributed by atoms with van der Waals surface area (Å²) in [4.78, 5) is 15.9. The van der Waals surface area contributed by atoms with E-state index in [-0.39, 0.29) is 18.4 Å². The molecule has 2 aromatic rings. The van der Waals surface area contributed by atoms with Gasteiger partial charge in [0.25, 0.3) is 5.91 Å². The maximum absolute atomic E-state index is 13.7. The molecule has 1 spiro atoms. The van der Waals surface area contributed by atoms with Gasteiger partial charge < -0.3 is 15.3 Å². The zero-order valence-corrected chi connectivity index (χ0v) is 18.7. The molecule has 1 aromatic heterocycles. The molecule has 3 unspecified atom stereocenters. The third kappa shape index (κ3) is 3.35. The molecule has 1 saturated heterocycles. The van der Waals surface area contributed by atoms with Crippen LogP contribution in [0.4, 0.5) is 5.82 Å². The van der Waals surface area contributed by atoms with Crippen molar-refractivity contribution in [1.82, 2.24) is 15.1 Å². The molecule has 1 amide bonds. The number of amides is 1. The number of para-hydroxylation sites is 1. The van der Waals surface area contributed by atoms with Gasteiger partial charge in [-0.15, -0.1) is 0 Å². The van der Waals surface area contributed by atoms with Crippen molar-refractivity contribution in [1.29, 1.82) is 0 Å². The number of aromatic nitrogens is 2. The highest BCUT2D eigenvalue weighted by Crippen LogP contribution is 2.63. The van der Waals surface area contributed by atoms with Gasteiger partial charge in [0.2, 0.25) is 0 Å². The molecule has 4 saturated carbocycles. The topological polar surface area (TPSA) is 70.4 Å². The van der Waals surface area contributed by atoms with E-state index in [1.165, 1.54) is 32.1 Å². The fourth-order valence-electron chi connectivity index (χ4n) is 7.34. The Balaban J connectivity index is 1.31. The second kappa shape index (κ2) is 7.91. The largest absolute Gasteiger partial charge is 0.396 e. The van der Waals surface area contributed by atoms with Crippen LogP contribution in [0.25, 0.3) is 5.69 Å². The number of hydrogen-bond acceptors (Lipinski definition) is 4. The summed E-state index contributed by atoms with van der Waals surface area (Å²) in [6, 6.07) is 10.4. The lowest BCUT2D eigenvalue weighted by Crippen LogP contribution is -2.60. The number of carbonyl (C=O) groups is 1. The predicted molar refractivity (Wildman–Crippen MR) is 124 cm³/mol. The second-order valence-corrected chi connectivity index (χ2v) is 10.8. The Morgan fingerprint density at radius 3 is 2.75 bits per heavy atom. The van der Waals surface area contributed by atoms with Crippen LogP contribution in [0.15, 0.2) is 36.5 Å². The van der Waals surface area contributed by atoms with Crippen LogP contribution in [-0.2, 0) is 0 Å². The molecule has 1 aromatic carbocycles. The van der Waals surface area contributed by atoms with Gasteiger partial charge in [0.15, 0.2) is 0 Å². The lowest BCUT2D eigenvalue weighted by atomic mass is 9.45. The number of benzene rings is 1. The zero-order valence-electron chi connectivity index (χ0n) is 18.7. The molecule has 4 aliphatic carbocycles. The van der Waals surface area contributed by atoms with E-state index in [0.29, 0.717) is 17.0 Å². The van der Waals surface area contributed by atoms with Gasteiger partial charge >= 0.3 is 0 Å². The van der Waals surface area contributed by atoms with E-state index in [1.807, 2.05) is 35.0 Å². The highest BCUT2D eigenvalue weighted by atomic mass is 16.3. The van der Waals surface area contributed by atoms with E-state index in [0.717, 1.165) is 55.7 Å². The van der Waals surface area contributed by atoms with Gasteiger partial charge in [0.05, 0.1) is 11.9 Å². The second-order valence-electron chi connectivity index (χ2n) is 10.8. The predicted octanol–water partition coefficient (Wildman–Crippen LogP) is 3.78. The molecule has 0 radical (unpaired) electrons. The van der Waals surface area contributed by atoms with Crippen molar-refractivity contribution >= 4 is 11.7 Å². The first-order valence-electron chi connectivity index (χ1n) is 12.5. The number of anilines is 1. The van der Waals surface area contributed by atoms with Crippen LogP contribution in [0, 0.1) is 23.2 Å². The summed E-state index contributed by atoms with van der Waals surface area (Å²) in [7, 11) is 0. The third-order valence-corrected chi connectivity index (χ3v) is 8.73. The third-order valence-electron chi connectivity index (χ3n) is 8.73. The first-order valence-corrected chi connectivity index (χ1v) is 12.5. The summed E-state index contributed by atoms with van der Waals surface area (Å²) in [5.74, 6) is 2.90. The van der Waals surface area contributed by atoms with Crippen LogP contribution < -0.4 is 10.2 Å². The molecule has 5 fully saturated rings. The molecule has 32 heavy (non-hydrogen) atoms. The smallest absolute Gasteiger partial charge is 0.256 e. The Hall–Kier alpha value is -2.34. The molecule has 3 bridgehead atoms. The number of rotatable bonds is 5. The molecular formula is C26H34N4O2. The molecule has 1 aliphatic heterocycles. The van der Waals surface area contributed by atoms with Crippen molar-refractivity contribution in [3.8, 4) is 5.69 Å². The standard InChI is InChI=1S/C26H34N4O2/c31-17-19-5-4-10-29(16-19)25-22(15-27-30(25)21-6-2-1-3-7-21)24(32)28-23-9-8-18-11-20-13-26(23,12-18)14-20/h1-3,6-7,15,18-20,23,31H,4-5,8-14,16-17H2,(H,28,32). The summed E-state index contributed by atoms with van der Waals surface area (Å²) >= 11 is 0. The van der Waals surface area contributed by atoms with Crippen molar-refractivity contribution in [2.75, 3.05) is 24.6 Å². The van der Waals surface area contributed by atoms with Gasteiger partial charge in [-0.2, -0.15) is 5.10 Å². The number of nitrogens with one attached hydrogen (secondary N) is 1. The van der Waals surface area contributed by atoms with E-state index in [1.54, 1.807) is 6.20 Å². The molecule has 6 nitrogen and oxygen atoms in total. The average Bonchev–Trinajstić information content (AvgIpc) is 3.26. The fraction of sp³-hybridized carbons (Fsp3) is 0.615. The van der Waals surface area contributed by atoms with Gasteiger partial charge in [-0.25, -0.2) is 4.68 Å². The summed E-state index contributed by atoms with van der Waals surface area (Å²) in [5.41, 5.74) is 1.98. The zero-order chi connectivity index (χ0) is 21.7. The van der Waals surface area contributed by atoms with E-state index in [2.05, 4.69) is 15.3 Å². The molecule has 2 heterocycles. The van der Waals surface area contributed by atoms with Crippen LogP contribution >= 0.6 is 0 Å². The van der Waals surface area contributed by atoms with E-state index >= 15 is 0 Å². The highest BCUT2D eigenvalue weighted by Gasteiger charge is 2.57. The van der Waals surface area contributed by atoms with E-state index in [4.69, 9.17) is 0 Å². The number of hydrogen-bond donors (Lipinski definition) is 2. The molecule has 7 rings (SSSR count). The minimum Gasteiger partial charge on any atom is -0.396 e. The van der Waals surface area contributed by atoms with E-state index in [9.17, 15) is 9.90 Å². The summed E-state index contributed by atoms with van der Waals surface area (Å²) in [5, 5.41) is 17.9. The Labute approximate surface area is 190 Å². The van der Waals surface area contributed by atoms with Gasteiger partial charge in [-0.1, -0.05) is 18.2 Å². The quantitative estimate of drug-likeness (QED) is 0.751. The monoisotopic (exact) mass is 434 g/mol. The van der Waals surface area contributed by atoms with Crippen LogP contribution in [0.5, 0.6) is 0 Å². The average molecular weight is 435 g/mol. The minimum atomic E-state index is 0.0140. The number of aliphatic hydroxyl groups is 1. The Morgan fingerprint density at radius 1 is 1.12 bits per heavy atom. The maximum atomic E-state index is 13.7.